The van der Waals surface area contributed by atoms with Crippen LogP contribution in [0.2, 0.25) is 0 Å². The van der Waals surface area contributed by atoms with E-state index in [9.17, 15) is 14.0 Å². The zero-order chi connectivity index (χ0) is 23.5. The Morgan fingerprint density at radius 2 is 2.00 bits per heavy atom. The van der Waals surface area contributed by atoms with Crippen molar-refractivity contribution in [1.82, 2.24) is 24.5 Å². The quantitative estimate of drug-likeness (QED) is 0.392. The van der Waals surface area contributed by atoms with Gasteiger partial charge in [-0.3, -0.25) is 18.6 Å². The van der Waals surface area contributed by atoms with Gasteiger partial charge in [0.1, 0.15) is 5.82 Å². The Morgan fingerprint density at radius 1 is 1.18 bits per heavy atom. The summed E-state index contributed by atoms with van der Waals surface area (Å²) in [4.78, 5) is 25.9. The van der Waals surface area contributed by atoms with Gasteiger partial charge < -0.3 is 5.32 Å². The van der Waals surface area contributed by atoms with Crippen molar-refractivity contribution < 1.29 is 9.18 Å². The number of nitrogens with one attached hydrogen (secondary N) is 1. The van der Waals surface area contributed by atoms with Crippen molar-refractivity contribution in [3.05, 3.63) is 69.8 Å². The summed E-state index contributed by atoms with van der Waals surface area (Å²) in [5, 5.41) is 12.6. The van der Waals surface area contributed by atoms with Gasteiger partial charge in [-0.05, 0) is 48.2 Å². The van der Waals surface area contributed by atoms with Gasteiger partial charge in [0.2, 0.25) is 5.78 Å². The van der Waals surface area contributed by atoms with Crippen LogP contribution in [0.15, 0.2) is 52.4 Å². The van der Waals surface area contributed by atoms with Crippen LogP contribution in [0.3, 0.4) is 0 Å². The molecule has 0 atom stereocenters. The largest absolute Gasteiger partial charge is 0.352 e. The van der Waals surface area contributed by atoms with Gasteiger partial charge in [0, 0.05) is 24.4 Å². The average Bonchev–Trinajstić information content (AvgIpc) is 3.22. The molecule has 2 heterocycles. The van der Waals surface area contributed by atoms with Crippen molar-refractivity contribution in [2.24, 2.45) is 5.92 Å². The fourth-order valence-electron chi connectivity index (χ4n) is 3.61. The second-order valence-electron chi connectivity index (χ2n) is 8.33. The summed E-state index contributed by atoms with van der Waals surface area (Å²) in [5.41, 5.74) is 1.69. The molecule has 1 N–H and O–H groups in total. The summed E-state index contributed by atoms with van der Waals surface area (Å²) in [6, 6.07) is 11.5. The van der Waals surface area contributed by atoms with E-state index >= 15 is 0 Å². The van der Waals surface area contributed by atoms with Crippen molar-refractivity contribution in [3.63, 3.8) is 0 Å². The number of carbonyl (C=O) groups is 1. The fourth-order valence-corrected chi connectivity index (χ4v) is 4.50. The number of benzene rings is 2. The van der Waals surface area contributed by atoms with E-state index in [0.29, 0.717) is 52.2 Å². The summed E-state index contributed by atoms with van der Waals surface area (Å²) in [7, 11) is 0. The summed E-state index contributed by atoms with van der Waals surface area (Å²) >= 11 is 1.40. The Balaban J connectivity index is 1.83. The number of thioether (sulfide) groups is 1. The fraction of sp³-hybridized carbons (Fsp3) is 0.333. The Kier molecular flexibility index (Phi) is 6.78. The lowest BCUT2D eigenvalue weighted by atomic mass is 10.1. The summed E-state index contributed by atoms with van der Waals surface area (Å²) < 4.78 is 17.0. The molecule has 4 aromatic rings. The van der Waals surface area contributed by atoms with Gasteiger partial charge >= 0.3 is 0 Å². The standard InChI is InChI=1S/C24H26FN5O2S/c1-4-10-29-22(32)19-9-8-17(21(31)26-13-15(2)3)12-20(19)30-23(29)27-28-24(30)33-14-16-6-5-7-18(25)11-16/h5-9,11-12,15H,4,10,13-14H2,1-3H3,(H,26,31). The number of hydrogen-bond acceptors (Lipinski definition) is 5. The lowest BCUT2D eigenvalue weighted by Gasteiger charge is -2.12. The van der Waals surface area contributed by atoms with E-state index in [-0.39, 0.29) is 17.3 Å². The molecule has 0 unspecified atom stereocenters. The van der Waals surface area contributed by atoms with Gasteiger partial charge in [-0.2, -0.15) is 0 Å². The monoisotopic (exact) mass is 467 g/mol. The smallest absolute Gasteiger partial charge is 0.262 e. The molecule has 1 amide bonds. The van der Waals surface area contributed by atoms with Crippen molar-refractivity contribution >= 4 is 34.3 Å². The lowest BCUT2D eigenvalue weighted by molar-refractivity contribution is 0.0949. The molecule has 0 bridgehead atoms. The maximum absolute atomic E-state index is 13.6. The molecule has 33 heavy (non-hydrogen) atoms. The second-order valence-corrected chi connectivity index (χ2v) is 9.27. The summed E-state index contributed by atoms with van der Waals surface area (Å²) in [6.07, 6.45) is 0.759. The Hall–Kier alpha value is -3.20. The molecule has 0 spiro atoms. The third kappa shape index (κ3) is 4.78. The normalized spacial score (nSPS) is 11.5. The highest BCUT2D eigenvalue weighted by atomic mass is 32.2. The van der Waals surface area contributed by atoms with Gasteiger partial charge in [0.25, 0.3) is 11.5 Å². The first-order chi connectivity index (χ1) is 15.9. The van der Waals surface area contributed by atoms with E-state index in [2.05, 4.69) is 15.5 Å². The molecule has 4 rings (SSSR count). The molecule has 7 nitrogen and oxygen atoms in total. The first-order valence-electron chi connectivity index (χ1n) is 11.0. The molecular formula is C24H26FN5O2S. The van der Waals surface area contributed by atoms with Gasteiger partial charge in [-0.1, -0.05) is 44.7 Å². The van der Waals surface area contributed by atoms with Crippen molar-refractivity contribution in [3.8, 4) is 0 Å². The average molecular weight is 468 g/mol. The van der Waals surface area contributed by atoms with Gasteiger partial charge in [0.15, 0.2) is 5.16 Å². The number of aromatic nitrogens is 4. The van der Waals surface area contributed by atoms with E-state index in [1.807, 2.05) is 31.2 Å². The predicted octanol–water partition coefficient (Wildman–Crippen LogP) is 4.27. The number of fused-ring (bicyclic) bond motifs is 3. The molecule has 0 aliphatic heterocycles. The molecule has 0 fully saturated rings. The molecule has 0 aliphatic carbocycles. The van der Waals surface area contributed by atoms with E-state index in [1.165, 1.54) is 23.9 Å². The molecule has 172 valence electrons. The van der Waals surface area contributed by atoms with Crippen LogP contribution in [0, 0.1) is 11.7 Å². The highest BCUT2D eigenvalue weighted by molar-refractivity contribution is 7.98. The highest BCUT2D eigenvalue weighted by Gasteiger charge is 2.18. The lowest BCUT2D eigenvalue weighted by Crippen LogP contribution is -2.28. The van der Waals surface area contributed by atoms with Crippen LogP contribution >= 0.6 is 11.8 Å². The van der Waals surface area contributed by atoms with Gasteiger partial charge in [-0.15, -0.1) is 10.2 Å². The minimum Gasteiger partial charge on any atom is -0.352 e. The van der Waals surface area contributed by atoms with E-state index in [0.717, 1.165) is 12.0 Å². The zero-order valence-corrected chi connectivity index (χ0v) is 19.7. The first-order valence-corrected chi connectivity index (χ1v) is 11.9. The van der Waals surface area contributed by atoms with Crippen LogP contribution in [-0.2, 0) is 12.3 Å². The number of carbonyl (C=O) groups excluding carboxylic acids is 1. The number of aryl methyl sites for hydroxylation is 1. The Morgan fingerprint density at radius 3 is 2.73 bits per heavy atom. The molecule has 2 aromatic carbocycles. The zero-order valence-electron chi connectivity index (χ0n) is 18.8. The van der Waals surface area contributed by atoms with Crippen LogP contribution in [0.25, 0.3) is 16.7 Å². The SMILES string of the molecule is CCCn1c(=O)c2ccc(C(=O)NCC(C)C)cc2n2c(SCc3cccc(F)c3)nnc12. The first kappa shape index (κ1) is 23.0. The van der Waals surface area contributed by atoms with E-state index < -0.39 is 0 Å². The minimum absolute atomic E-state index is 0.164. The maximum Gasteiger partial charge on any atom is 0.262 e. The number of halogens is 1. The summed E-state index contributed by atoms with van der Waals surface area (Å²) in [5.74, 6) is 0.750. The van der Waals surface area contributed by atoms with Crippen molar-refractivity contribution in [2.45, 2.75) is 44.6 Å². The molecule has 2 aromatic heterocycles. The van der Waals surface area contributed by atoms with Crippen LogP contribution in [0.4, 0.5) is 4.39 Å². The van der Waals surface area contributed by atoms with Crippen LogP contribution in [0.5, 0.6) is 0 Å². The third-order valence-corrected chi connectivity index (χ3v) is 6.21. The van der Waals surface area contributed by atoms with Crippen LogP contribution in [-0.4, -0.2) is 31.6 Å². The number of rotatable bonds is 8. The number of nitrogens with zero attached hydrogens (tertiary/aromatic N) is 4. The highest BCUT2D eigenvalue weighted by Crippen LogP contribution is 2.25. The van der Waals surface area contributed by atoms with Gasteiger partial charge in [0.05, 0.1) is 10.9 Å². The molecule has 0 radical (unpaired) electrons. The van der Waals surface area contributed by atoms with Crippen molar-refractivity contribution in [2.75, 3.05) is 6.54 Å². The van der Waals surface area contributed by atoms with Crippen molar-refractivity contribution in [1.29, 1.82) is 0 Å². The van der Waals surface area contributed by atoms with Gasteiger partial charge in [-0.25, -0.2) is 4.39 Å². The third-order valence-electron chi connectivity index (χ3n) is 5.21. The summed E-state index contributed by atoms with van der Waals surface area (Å²) in [6.45, 7) is 7.11. The predicted molar refractivity (Wildman–Crippen MR) is 128 cm³/mol. The molecular weight excluding hydrogens is 441 g/mol. The van der Waals surface area contributed by atoms with Crippen LogP contribution < -0.4 is 10.9 Å². The molecule has 0 saturated heterocycles. The van der Waals surface area contributed by atoms with E-state index in [1.54, 1.807) is 28.8 Å². The van der Waals surface area contributed by atoms with E-state index in [4.69, 9.17) is 0 Å². The minimum atomic E-state index is -0.293. The Bertz CT molecular complexity index is 1380. The maximum atomic E-state index is 13.6. The molecule has 0 aliphatic rings. The van der Waals surface area contributed by atoms with Crippen LogP contribution in [0.1, 0.15) is 43.1 Å². The number of hydrogen-bond donors (Lipinski definition) is 1. The molecule has 0 saturated carbocycles. The molecule has 9 heteroatoms. The second kappa shape index (κ2) is 9.74. The topological polar surface area (TPSA) is 81.3 Å². The number of amides is 1. The Labute approximate surface area is 195 Å².